The predicted octanol–water partition coefficient (Wildman–Crippen LogP) is 11.5. The normalized spacial score (nSPS) is 11.5. The molecule has 2 N–H and O–H groups in total. The van der Waals surface area contributed by atoms with E-state index in [1.165, 1.54) is 77.0 Å². The number of rotatable bonds is 20. The molecule has 0 unspecified atom stereocenters. The molecule has 4 rings (SSSR count). The van der Waals surface area contributed by atoms with Crippen molar-refractivity contribution in [3.8, 4) is 0 Å². The minimum atomic E-state index is -0.0361. The first-order valence-electron chi connectivity index (χ1n) is 18.4. The van der Waals surface area contributed by atoms with E-state index in [4.69, 9.17) is 0 Å². The van der Waals surface area contributed by atoms with Crippen LogP contribution in [0.3, 0.4) is 0 Å². The van der Waals surface area contributed by atoms with E-state index in [1.807, 2.05) is 24.3 Å². The first kappa shape index (κ1) is 35.5. The Balaban J connectivity index is 1.55. The van der Waals surface area contributed by atoms with Crippen LogP contribution >= 0.6 is 0 Å². The molecule has 4 aromatic carbocycles. The lowest BCUT2D eigenvalue weighted by Crippen LogP contribution is -2.25. The van der Waals surface area contributed by atoms with Gasteiger partial charge in [-0.2, -0.15) is 0 Å². The second kappa shape index (κ2) is 18.7. The summed E-state index contributed by atoms with van der Waals surface area (Å²) in [5.41, 5.74) is 3.64. The number of amides is 2. The number of carbonyl (C=O) groups excluding carboxylic acids is 2. The highest BCUT2D eigenvalue weighted by atomic mass is 16.2. The zero-order chi connectivity index (χ0) is 32.7. The van der Waals surface area contributed by atoms with E-state index in [9.17, 15) is 9.59 Å². The number of benzene rings is 4. The summed E-state index contributed by atoms with van der Waals surface area (Å²) in [6, 6.07) is 16.5. The van der Waals surface area contributed by atoms with Crippen LogP contribution in [0.1, 0.15) is 148 Å². The Labute approximate surface area is 278 Å². The van der Waals surface area contributed by atoms with Crippen LogP contribution in [0.25, 0.3) is 32.3 Å². The number of carbonyl (C=O) groups is 2. The Morgan fingerprint density at radius 3 is 1.26 bits per heavy atom. The van der Waals surface area contributed by atoms with Gasteiger partial charge in [-0.3, -0.25) is 9.59 Å². The van der Waals surface area contributed by atoms with E-state index in [2.05, 4.69) is 62.6 Å². The monoisotopic (exact) mass is 622 g/mol. The minimum absolute atomic E-state index is 0.0361. The molecule has 0 aliphatic carbocycles. The van der Waals surface area contributed by atoms with Crippen molar-refractivity contribution in [3.05, 3.63) is 70.8 Å². The van der Waals surface area contributed by atoms with E-state index in [0.29, 0.717) is 24.2 Å². The molecule has 0 spiro atoms. The molecule has 2 amide bonds. The van der Waals surface area contributed by atoms with Crippen molar-refractivity contribution in [2.24, 2.45) is 0 Å². The van der Waals surface area contributed by atoms with E-state index in [0.717, 1.165) is 69.1 Å². The third kappa shape index (κ3) is 9.33. The highest BCUT2D eigenvalue weighted by Gasteiger charge is 2.20. The van der Waals surface area contributed by atoms with Crippen molar-refractivity contribution >= 4 is 44.1 Å². The van der Waals surface area contributed by atoms with Crippen molar-refractivity contribution in [2.45, 2.75) is 130 Å². The summed E-state index contributed by atoms with van der Waals surface area (Å²) < 4.78 is 0. The fourth-order valence-corrected chi connectivity index (χ4v) is 7.00. The van der Waals surface area contributed by atoms with E-state index in [-0.39, 0.29) is 11.8 Å². The van der Waals surface area contributed by atoms with Crippen molar-refractivity contribution in [2.75, 3.05) is 13.1 Å². The average molecular weight is 623 g/mol. The maximum atomic E-state index is 13.7. The molecule has 0 bridgehead atoms. The van der Waals surface area contributed by atoms with Gasteiger partial charge in [0.1, 0.15) is 0 Å². The summed E-state index contributed by atoms with van der Waals surface area (Å²) in [4.78, 5) is 27.4. The number of unbranched alkanes of at least 4 members (excludes halogenated alkanes) is 14. The molecule has 0 aliphatic rings. The number of hydrogen-bond donors (Lipinski definition) is 2. The van der Waals surface area contributed by atoms with Gasteiger partial charge in [0.05, 0.1) is 0 Å². The van der Waals surface area contributed by atoms with Gasteiger partial charge in [-0.05, 0) is 82.3 Å². The summed E-state index contributed by atoms with van der Waals surface area (Å²) >= 11 is 0. The molecule has 4 aromatic rings. The summed E-state index contributed by atoms with van der Waals surface area (Å²) in [5, 5.41) is 12.6. The Bertz CT molecular complexity index is 1470. The Morgan fingerprint density at radius 1 is 0.500 bits per heavy atom. The first-order chi connectivity index (χ1) is 22.5. The molecule has 0 atom stereocenters. The summed E-state index contributed by atoms with van der Waals surface area (Å²) in [6.45, 7) is 10.1. The van der Waals surface area contributed by atoms with Gasteiger partial charge in [0, 0.05) is 24.2 Å². The fraction of sp³-hybridized carbons (Fsp3) is 0.524. The highest BCUT2D eigenvalue weighted by molar-refractivity contribution is 6.28. The SMILES string of the molecule is CCCCCCCCCCNC(=O)c1cc2cc(C(=O)NCCCCCCCCCC)c3cccc(C)c3c2c2c(C)cccc12. The predicted molar refractivity (Wildman–Crippen MR) is 198 cm³/mol. The maximum Gasteiger partial charge on any atom is 0.251 e. The molecule has 0 saturated carbocycles. The lowest BCUT2D eigenvalue weighted by Gasteiger charge is -2.18. The molecule has 46 heavy (non-hydrogen) atoms. The minimum Gasteiger partial charge on any atom is -0.352 e. The van der Waals surface area contributed by atoms with Crippen LogP contribution in [0, 0.1) is 13.8 Å². The number of nitrogens with one attached hydrogen (secondary N) is 2. The van der Waals surface area contributed by atoms with Crippen molar-refractivity contribution in [1.29, 1.82) is 0 Å². The summed E-state index contributed by atoms with van der Waals surface area (Å²) in [5.74, 6) is -0.0722. The van der Waals surface area contributed by atoms with E-state index >= 15 is 0 Å². The third-order valence-electron chi connectivity index (χ3n) is 9.64. The van der Waals surface area contributed by atoms with Crippen LogP contribution in [-0.4, -0.2) is 24.9 Å². The number of fused-ring (bicyclic) bond motifs is 5. The van der Waals surface area contributed by atoms with Crippen molar-refractivity contribution < 1.29 is 9.59 Å². The molecule has 0 fully saturated rings. The molecule has 248 valence electrons. The van der Waals surface area contributed by atoms with Crippen LogP contribution in [0.15, 0.2) is 48.5 Å². The van der Waals surface area contributed by atoms with Crippen LogP contribution in [-0.2, 0) is 0 Å². The quantitative estimate of drug-likeness (QED) is 0.0761. The number of aryl methyl sites for hydroxylation is 2. The van der Waals surface area contributed by atoms with Gasteiger partial charge in [-0.1, -0.05) is 140 Å². The summed E-state index contributed by atoms with van der Waals surface area (Å²) in [6.07, 6.45) is 19.8. The van der Waals surface area contributed by atoms with Gasteiger partial charge in [0.25, 0.3) is 11.8 Å². The zero-order valence-electron chi connectivity index (χ0n) is 29.2. The molecule has 0 saturated heterocycles. The lowest BCUT2D eigenvalue weighted by molar-refractivity contribution is 0.0947. The van der Waals surface area contributed by atoms with Crippen molar-refractivity contribution in [3.63, 3.8) is 0 Å². The van der Waals surface area contributed by atoms with Crippen LogP contribution in [0.4, 0.5) is 0 Å². The average Bonchev–Trinajstić information content (AvgIpc) is 3.06. The van der Waals surface area contributed by atoms with Gasteiger partial charge in [0.2, 0.25) is 0 Å². The maximum absolute atomic E-state index is 13.7. The molecule has 4 heteroatoms. The standard InChI is InChI=1S/C42H58N2O2/c1-5-7-9-11-13-15-17-19-27-43-41(45)36-29-33-30-37(42(46)44-28-20-18-16-14-12-10-8-6-2)35-26-22-24-32(4)39(35)40(33)38-31(3)23-21-25-34(36)38/h21-26,29-30H,5-20,27-28H2,1-4H3,(H,43,45)(H,44,46). The van der Waals surface area contributed by atoms with Crippen LogP contribution in [0.5, 0.6) is 0 Å². The molecule has 0 aromatic heterocycles. The van der Waals surface area contributed by atoms with Crippen LogP contribution in [0.2, 0.25) is 0 Å². The number of hydrogen-bond acceptors (Lipinski definition) is 2. The fourth-order valence-electron chi connectivity index (χ4n) is 7.00. The second-order valence-corrected chi connectivity index (χ2v) is 13.4. The second-order valence-electron chi connectivity index (χ2n) is 13.4. The molecule has 0 aliphatic heterocycles. The topological polar surface area (TPSA) is 58.2 Å². The first-order valence-corrected chi connectivity index (χ1v) is 18.4. The smallest absolute Gasteiger partial charge is 0.251 e. The highest BCUT2D eigenvalue weighted by Crippen LogP contribution is 2.39. The zero-order valence-corrected chi connectivity index (χ0v) is 29.2. The third-order valence-corrected chi connectivity index (χ3v) is 9.64. The largest absolute Gasteiger partial charge is 0.352 e. The van der Waals surface area contributed by atoms with Gasteiger partial charge in [0.15, 0.2) is 0 Å². The van der Waals surface area contributed by atoms with Gasteiger partial charge >= 0.3 is 0 Å². The van der Waals surface area contributed by atoms with Gasteiger partial charge in [-0.25, -0.2) is 0 Å². The lowest BCUT2D eigenvalue weighted by atomic mass is 9.87. The molecule has 4 nitrogen and oxygen atoms in total. The molecule has 0 radical (unpaired) electrons. The van der Waals surface area contributed by atoms with Crippen molar-refractivity contribution in [1.82, 2.24) is 10.6 Å². The molecule has 0 heterocycles. The van der Waals surface area contributed by atoms with Crippen LogP contribution < -0.4 is 10.6 Å². The Morgan fingerprint density at radius 2 is 0.870 bits per heavy atom. The van der Waals surface area contributed by atoms with Gasteiger partial charge < -0.3 is 10.6 Å². The van der Waals surface area contributed by atoms with E-state index in [1.54, 1.807) is 0 Å². The molecular formula is C42H58N2O2. The molecular weight excluding hydrogens is 564 g/mol. The summed E-state index contributed by atoms with van der Waals surface area (Å²) in [7, 11) is 0. The van der Waals surface area contributed by atoms with E-state index < -0.39 is 0 Å². The van der Waals surface area contributed by atoms with Gasteiger partial charge in [-0.15, -0.1) is 0 Å². The Kier molecular flexibility index (Phi) is 14.4. The Hall–Kier alpha value is -3.40.